The van der Waals surface area contributed by atoms with Crippen LogP contribution in [0.1, 0.15) is 25.8 Å². The third-order valence-corrected chi connectivity index (χ3v) is 6.20. The molecule has 1 aliphatic heterocycles. The van der Waals surface area contributed by atoms with Gasteiger partial charge in [0.15, 0.2) is 17.4 Å². The maximum absolute atomic E-state index is 14.0. The van der Waals surface area contributed by atoms with Crippen LogP contribution >= 0.6 is 0 Å². The summed E-state index contributed by atoms with van der Waals surface area (Å²) in [5.41, 5.74) is 0.0103. The Bertz CT molecular complexity index is 1310. The number of fused-ring (bicyclic) bond motifs is 1. The first kappa shape index (κ1) is 27.2. The first-order chi connectivity index (χ1) is 18.1. The molecule has 11 heteroatoms. The van der Waals surface area contributed by atoms with Crippen molar-refractivity contribution in [2.45, 2.75) is 44.7 Å². The van der Waals surface area contributed by atoms with Gasteiger partial charge in [0, 0.05) is 30.7 Å². The van der Waals surface area contributed by atoms with Gasteiger partial charge < -0.3 is 24.4 Å². The molecule has 3 aromatic rings. The van der Waals surface area contributed by atoms with Crippen molar-refractivity contribution >= 4 is 28.7 Å². The maximum atomic E-state index is 14.0. The normalized spacial score (nSPS) is 17.1. The zero-order valence-corrected chi connectivity index (χ0v) is 21.4. The van der Waals surface area contributed by atoms with Gasteiger partial charge in [-0.25, -0.2) is 23.4 Å². The molecule has 2 N–H and O–H groups in total. The monoisotopic (exact) mass is 528 g/mol. The number of likely N-dealkylation sites (N-methyl/N-ethyl adjacent to an activating group) is 1. The van der Waals surface area contributed by atoms with E-state index in [-0.39, 0.29) is 24.8 Å². The smallest absolute Gasteiger partial charge is 0.412 e. The molecule has 0 bridgehead atoms. The van der Waals surface area contributed by atoms with Crippen LogP contribution in [0.5, 0.6) is 0 Å². The molecular formula is C27H30F2N4O5. The number of ether oxygens (including phenoxy) is 3. The Hall–Kier alpha value is -3.83. The highest BCUT2D eigenvalue weighted by Crippen LogP contribution is 2.26. The Morgan fingerprint density at radius 1 is 1.18 bits per heavy atom. The number of nitrogens with one attached hydrogen (secondary N) is 2. The number of halogens is 2. The number of carbonyl (C=O) groups excluding carboxylic acids is 2. The van der Waals surface area contributed by atoms with Crippen molar-refractivity contribution in [2.24, 2.45) is 0 Å². The van der Waals surface area contributed by atoms with Gasteiger partial charge in [0.1, 0.15) is 12.4 Å². The number of amides is 3. The van der Waals surface area contributed by atoms with E-state index in [1.54, 1.807) is 26.1 Å². The van der Waals surface area contributed by atoms with Gasteiger partial charge in [0.25, 0.3) is 0 Å². The third kappa shape index (κ3) is 6.93. The second-order valence-corrected chi connectivity index (χ2v) is 9.46. The number of anilines is 1. The predicted molar refractivity (Wildman–Crippen MR) is 136 cm³/mol. The molecule has 2 atom stereocenters. The second kappa shape index (κ2) is 11.7. The van der Waals surface area contributed by atoms with Crippen LogP contribution < -0.4 is 10.6 Å². The number of rotatable bonds is 8. The predicted octanol–water partition coefficient (Wildman–Crippen LogP) is 4.81. The van der Waals surface area contributed by atoms with Crippen LogP contribution in [-0.2, 0) is 20.8 Å². The Kier molecular flexibility index (Phi) is 8.38. The molecule has 0 radical (unpaired) electrons. The van der Waals surface area contributed by atoms with Crippen molar-refractivity contribution in [1.29, 1.82) is 0 Å². The fourth-order valence-electron chi connectivity index (χ4n) is 4.13. The molecular weight excluding hydrogens is 498 g/mol. The van der Waals surface area contributed by atoms with E-state index in [1.807, 2.05) is 24.3 Å². The molecule has 2 heterocycles. The largest absolute Gasteiger partial charge is 0.447 e. The highest BCUT2D eigenvalue weighted by molar-refractivity contribution is 5.89. The quantitative estimate of drug-likeness (QED) is 0.435. The summed E-state index contributed by atoms with van der Waals surface area (Å²) in [7, 11) is 1.52. The zero-order chi connectivity index (χ0) is 27.3. The average Bonchev–Trinajstić information content (AvgIpc) is 3.24. The van der Waals surface area contributed by atoms with Gasteiger partial charge in [0.2, 0.25) is 0 Å². The molecule has 3 amide bonds. The SMILES string of the molecule is CN(C(=O)NCc1cccc(F)c1F)[C@H](COC(=O)Nc1cc2ccccc2cn1)C[C@@H]1COC(C)(C)O1. The summed E-state index contributed by atoms with van der Waals surface area (Å²) >= 11 is 0. The summed E-state index contributed by atoms with van der Waals surface area (Å²) in [4.78, 5) is 31.0. The molecule has 38 heavy (non-hydrogen) atoms. The molecule has 0 saturated carbocycles. The van der Waals surface area contributed by atoms with Gasteiger partial charge in [-0.15, -0.1) is 0 Å². The number of carbonyl (C=O) groups is 2. The average molecular weight is 529 g/mol. The maximum Gasteiger partial charge on any atom is 0.412 e. The van der Waals surface area contributed by atoms with Crippen molar-refractivity contribution in [2.75, 3.05) is 25.6 Å². The van der Waals surface area contributed by atoms with E-state index in [0.29, 0.717) is 18.8 Å². The van der Waals surface area contributed by atoms with E-state index >= 15 is 0 Å². The number of pyridine rings is 1. The highest BCUT2D eigenvalue weighted by Gasteiger charge is 2.36. The number of aromatic nitrogens is 1. The van der Waals surface area contributed by atoms with Gasteiger partial charge in [-0.2, -0.15) is 0 Å². The van der Waals surface area contributed by atoms with Crippen LogP contribution in [0.25, 0.3) is 10.8 Å². The summed E-state index contributed by atoms with van der Waals surface area (Å²) in [5.74, 6) is -2.47. The van der Waals surface area contributed by atoms with Gasteiger partial charge in [-0.1, -0.05) is 36.4 Å². The lowest BCUT2D eigenvalue weighted by Gasteiger charge is -2.30. The van der Waals surface area contributed by atoms with Crippen molar-refractivity contribution < 1.29 is 32.6 Å². The molecule has 202 valence electrons. The van der Waals surface area contributed by atoms with E-state index in [4.69, 9.17) is 14.2 Å². The van der Waals surface area contributed by atoms with E-state index in [2.05, 4.69) is 15.6 Å². The van der Waals surface area contributed by atoms with Crippen LogP contribution in [-0.4, -0.2) is 60.2 Å². The molecule has 4 rings (SSSR count). The molecule has 0 aliphatic carbocycles. The van der Waals surface area contributed by atoms with Gasteiger partial charge in [0.05, 0.1) is 18.8 Å². The molecule has 9 nitrogen and oxygen atoms in total. The number of urea groups is 1. The number of benzene rings is 2. The van der Waals surface area contributed by atoms with E-state index < -0.39 is 35.6 Å². The zero-order valence-electron chi connectivity index (χ0n) is 21.4. The number of hydrogen-bond acceptors (Lipinski definition) is 6. The first-order valence-electron chi connectivity index (χ1n) is 12.1. The summed E-state index contributed by atoms with van der Waals surface area (Å²) in [6.07, 6.45) is 0.868. The lowest BCUT2D eigenvalue weighted by atomic mass is 10.1. The van der Waals surface area contributed by atoms with Crippen molar-refractivity contribution in [1.82, 2.24) is 15.2 Å². The number of nitrogens with zero attached hydrogens (tertiary/aromatic N) is 2. The van der Waals surface area contributed by atoms with Crippen molar-refractivity contribution in [3.8, 4) is 0 Å². The van der Waals surface area contributed by atoms with Gasteiger partial charge in [-0.05, 0) is 37.8 Å². The summed E-state index contributed by atoms with van der Waals surface area (Å²) in [6, 6.07) is 11.9. The molecule has 1 aromatic heterocycles. The molecule has 2 aromatic carbocycles. The highest BCUT2D eigenvalue weighted by atomic mass is 19.2. The fourth-order valence-corrected chi connectivity index (χ4v) is 4.13. The Balaban J connectivity index is 1.39. The Labute approximate surface area is 219 Å². The van der Waals surface area contributed by atoms with Crippen LogP contribution in [0, 0.1) is 11.6 Å². The summed E-state index contributed by atoms with van der Waals surface area (Å²) in [5, 5.41) is 7.01. The summed E-state index contributed by atoms with van der Waals surface area (Å²) in [6.45, 7) is 3.50. The second-order valence-electron chi connectivity index (χ2n) is 9.46. The minimum atomic E-state index is -1.02. The molecule has 1 aliphatic rings. The topological polar surface area (TPSA) is 102 Å². The lowest BCUT2D eigenvalue weighted by Crippen LogP contribution is -2.47. The molecule has 1 fully saturated rings. The third-order valence-electron chi connectivity index (χ3n) is 6.20. The van der Waals surface area contributed by atoms with Crippen LogP contribution in [0.4, 0.5) is 24.2 Å². The van der Waals surface area contributed by atoms with Gasteiger partial charge >= 0.3 is 12.1 Å². The van der Waals surface area contributed by atoms with E-state index in [9.17, 15) is 18.4 Å². The van der Waals surface area contributed by atoms with Crippen molar-refractivity contribution in [3.05, 3.63) is 71.9 Å². The Morgan fingerprint density at radius 2 is 1.95 bits per heavy atom. The minimum Gasteiger partial charge on any atom is -0.447 e. The van der Waals surface area contributed by atoms with Crippen LogP contribution in [0.3, 0.4) is 0 Å². The molecule has 1 saturated heterocycles. The van der Waals surface area contributed by atoms with Crippen LogP contribution in [0.15, 0.2) is 54.7 Å². The lowest BCUT2D eigenvalue weighted by molar-refractivity contribution is -0.140. The standard InChI is InChI=1S/C27H30F2N4O5/c1-27(2)37-16-21(38-27)12-20(33(3)25(34)31-14-19-9-6-10-22(28)24(19)29)15-36-26(35)32-23-11-17-7-4-5-8-18(17)13-30-23/h4-11,13,20-21H,12,14-16H2,1-3H3,(H,31,34)(H,30,32,35)/t20-,21+/m0/s1. The Morgan fingerprint density at radius 3 is 2.68 bits per heavy atom. The molecule has 0 spiro atoms. The fraction of sp³-hybridized carbons (Fsp3) is 0.370. The minimum absolute atomic E-state index is 0.0103. The van der Waals surface area contributed by atoms with Crippen LogP contribution in [0.2, 0.25) is 0 Å². The summed E-state index contributed by atoms with van der Waals surface area (Å²) < 4.78 is 44.4. The number of hydrogen-bond donors (Lipinski definition) is 2. The van der Waals surface area contributed by atoms with Gasteiger partial charge in [-0.3, -0.25) is 5.32 Å². The molecule has 0 unspecified atom stereocenters. The van der Waals surface area contributed by atoms with E-state index in [1.165, 1.54) is 24.1 Å². The van der Waals surface area contributed by atoms with E-state index in [0.717, 1.165) is 16.8 Å². The first-order valence-corrected chi connectivity index (χ1v) is 12.1. The van der Waals surface area contributed by atoms with Crippen molar-refractivity contribution in [3.63, 3.8) is 0 Å².